The van der Waals surface area contributed by atoms with E-state index in [1.807, 2.05) is 0 Å². The van der Waals surface area contributed by atoms with Gasteiger partial charge in [-0.2, -0.15) is 0 Å². The molecule has 1 aromatic carbocycles. The number of thiocarbonyl (C=S) groups is 1. The molecule has 0 aliphatic rings. The molecule has 29 heavy (non-hydrogen) atoms. The zero-order chi connectivity index (χ0) is 22.0. The first-order chi connectivity index (χ1) is 13.6. The maximum absolute atomic E-state index is 12.7. The van der Waals surface area contributed by atoms with E-state index in [2.05, 4.69) is 6.58 Å². The zero-order valence-electron chi connectivity index (χ0n) is 16.6. The van der Waals surface area contributed by atoms with Gasteiger partial charge in [0.1, 0.15) is 0 Å². The number of carbonyl (C=O) groups excluding carboxylic acids is 1. The summed E-state index contributed by atoms with van der Waals surface area (Å²) < 4.78 is 28.3. The van der Waals surface area contributed by atoms with E-state index in [0.717, 1.165) is 17.3 Å². The molecule has 0 radical (unpaired) electrons. The Labute approximate surface area is 180 Å². The quantitative estimate of drug-likeness (QED) is 0.203. The summed E-state index contributed by atoms with van der Waals surface area (Å²) in [5, 5.41) is 9.38. The summed E-state index contributed by atoms with van der Waals surface area (Å²) in [6.45, 7) is 8.89. The van der Waals surface area contributed by atoms with Crippen LogP contribution in [0.15, 0.2) is 30.4 Å². The van der Waals surface area contributed by atoms with Crippen molar-refractivity contribution in [1.29, 1.82) is 0 Å². The van der Waals surface area contributed by atoms with Crippen LogP contribution in [0.2, 0.25) is 0 Å². The average molecular weight is 461 g/mol. The van der Waals surface area contributed by atoms with Crippen LogP contribution in [-0.2, 0) is 35.3 Å². The molecular weight excluding hydrogens is 435 g/mol. The average Bonchev–Trinajstić information content (AvgIpc) is 2.66. The molecule has 7 nitrogen and oxygen atoms in total. The van der Waals surface area contributed by atoms with E-state index in [4.69, 9.17) is 26.0 Å². The molecule has 1 N–H and O–H groups in total. The smallest absolute Gasteiger partial charge is 0.378 e. The highest BCUT2D eigenvalue weighted by Crippen LogP contribution is 2.53. The van der Waals surface area contributed by atoms with Crippen molar-refractivity contribution in [2.75, 3.05) is 19.8 Å². The van der Waals surface area contributed by atoms with Crippen molar-refractivity contribution in [2.45, 2.75) is 32.9 Å². The van der Waals surface area contributed by atoms with Gasteiger partial charge < -0.3 is 18.9 Å². The van der Waals surface area contributed by atoms with Crippen molar-refractivity contribution in [3.63, 3.8) is 0 Å². The van der Waals surface area contributed by atoms with Crippen LogP contribution in [0.5, 0.6) is 0 Å². The van der Waals surface area contributed by atoms with Crippen LogP contribution in [0.1, 0.15) is 42.3 Å². The molecule has 0 aromatic heterocycles. The van der Waals surface area contributed by atoms with E-state index in [9.17, 15) is 19.3 Å². The Hall–Kier alpha value is -1.51. The molecule has 1 rings (SSSR count). The Morgan fingerprint density at radius 3 is 2.38 bits per heavy atom. The number of carbonyl (C=O) groups is 2. The number of thioether (sulfide) groups is 1. The Balaban J connectivity index is 2.88. The van der Waals surface area contributed by atoms with Gasteiger partial charge >= 0.3 is 19.5 Å². The number of carboxylic acids is 1. The summed E-state index contributed by atoms with van der Waals surface area (Å²) in [6.07, 6.45) is 0.236. The molecule has 0 saturated carbocycles. The normalized spacial score (nSPS) is 11.1. The van der Waals surface area contributed by atoms with E-state index in [1.54, 1.807) is 26.0 Å². The van der Waals surface area contributed by atoms with Crippen LogP contribution >= 0.6 is 31.6 Å². The number of aromatic carboxylic acids is 1. The first-order valence-electron chi connectivity index (χ1n) is 8.88. The molecular formula is C19H25O7PS2. The Morgan fingerprint density at radius 1 is 1.24 bits per heavy atom. The van der Waals surface area contributed by atoms with Crippen molar-refractivity contribution in [3.05, 3.63) is 47.0 Å². The zero-order valence-corrected chi connectivity index (χ0v) is 19.2. The topological polar surface area (TPSA) is 99.1 Å². The second-order valence-electron chi connectivity index (χ2n) is 5.85. The number of ether oxygens (including phenoxy) is 1. The molecule has 1 aromatic rings. The van der Waals surface area contributed by atoms with E-state index >= 15 is 0 Å². The van der Waals surface area contributed by atoms with Crippen LogP contribution in [-0.4, -0.2) is 40.8 Å². The molecule has 10 heteroatoms. The molecule has 0 bridgehead atoms. The monoisotopic (exact) mass is 460 g/mol. The van der Waals surface area contributed by atoms with Crippen LogP contribution in [0.4, 0.5) is 0 Å². The number of rotatable bonds is 12. The van der Waals surface area contributed by atoms with Gasteiger partial charge in [0.2, 0.25) is 0 Å². The van der Waals surface area contributed by atoms with Gasteiger partial charge in [-0.15, -0.1) is 11.8 Å². The highest BCUT2D eigenvalue weighted by molar-refractivity contribution is 8.35. The number of hydrogen-bond donors (Lipinski definition) is 1. The lowest BCUT2D eigenvalue weighted by molar-refractivity contribution is -0.138. The van der Waals surface area contributed by atoms with Gasteiger partial charge in [-0.3, -0.25) is 4.57 Å². The molecule has 0 amide bonds. The number of benzene rings is 1. The maximum Gasteiger partial charge on any atom is 0.378 e. The number of esters is 1. The fourth-order valence-electron chi connectivity index (χ4n) is 2.24. The van der Waals surface area contributed by atoms with Crippen LogP contribution in [0, 0.1) is 0 Å². The third kappa shape index (κ3) is 8.03. The van der Waals surface area contributed by atoms with Crippen LogP contribution < -0.4 is 0 Å². The van der Waals surface area contributed by atoms with Crippen molar-refractivity contribution in [3.8, 4) is 0 Å². The Kier molecular flexibility index (Phi) is 10.8. The maximum atomic E-state index is 12.7. The summed E-state index contributed by atoms with van der Waals surface area (Å²) in [6, 6.07) is 4.86. The summed E-state index contributed by atoms with van der Waals surface area (Å²) in [5.41, 5.74) is 1.70. The molecule has 0 atom stereocenters. The Morgan fingerprint density at radius 2 is 1.86 bits per heavy atom. The fraction of sp³-hybridized carbons (Fsp3) is 0.421. The van der Waals surface area contributed by atoms with Gasteiger partial charge in [0.05, 0.1) is 25.4 Å². The third-order valence-electron chi connectivity index (χ3n) is 3.54. The first-order valence-corrected chi connectivity index (χ1v) is 11.8. The fourth-order valence-corrected chi connectivity index (χ4v) is 5.31. The molecule has 0 aliphatic heterocycles. The van der Waals surface area contributed by atoms with Gasteiger partial charge in [0.25, 0.3) is 0 Å². The Bertz CT molecular complexity index is 813. The molecule has 0 saturated heterocycles. The van der Waals surface area contributed by atoms with E-state index in [1.165, 1.54) is 13.0 Å². The number of hydrogen-bond acceptors (Lipinski definition) is 8. The minimum absolute atomic E-state index is 0.0326. The highest BCUT2D eigenvalue weighted by atomic mass is 32.2. The molecule has 0 spiro atoms. The van der Waals surface area contributed by atoms with Crippen molar-refractivity contribution < 1.29 is 33.0 Å². The lowest BCUT2D eigenvalue weighted by Crippen LogP contribution is -2.11. The minimum atomic E-state index is -3.49. The van der Waals surface area contributed by atoms with Crippen LogP contribution in [0.25, 0.3) is 0 Å². The third-order valence-corrected chi connectivity index (χ3v) is 7.99. The lowest BCUT2D eigenvalue weighted by Gasteiger charge is -2.17. The number of carboxylic acid groups (broad SMARTS) is 1. The van der Waals surface area contributed by atoms with E-state index in [-0.39, 0.29) is 41.3 Å². The molecule has 0 unspecified atom stereocenters. The summed E-state index contributed by atoms with van der Waals surface area (Å²) in [5.74, 6) is -1.23. The lowest BCUT2D eigenvalue weighted by atomic mass is 10.0. The first kappa shape index (κ1) is 25.5. The van der Waals surface area contributed by atoms with E-state index in [0.29, 0.717) is 11.3 Å². The van der Waals surface area contributed by atoms with E-state index < -0.39 is 19.5 Å². The molecule has 0 fully saturated rings. The molecule has 0 heterocycles. The minimum Gasteiger partial charge on any atom is -0.478 e. The van der Waals surface area contributed by atoms with Crippen LogP contribution in [0.3, 0.4) is 0 Å². The predicted molar refractivity (Wildman–Crippen MR) is 118 cm³/mol. The standard InChI is InChI=1S/C19H25O7PS2/c1-5-25-27(23,26-6-2)19(28)29-12-14-7-8-16(17(20)21)15(11-14)9-10-24-18(22)13(3)4/h7-8,11H,3,5-6,9-10,12H2,1-2,4H3,(H,20,21). The van der Waals surface area contributed by atoms with Gasteiger partial charge in [0.15, 0.2) is 3.94 Å². The van der Waals surface area contributed by atoms with Gasteiger partial charge in [0, 0.05) is 17.7 Å². The SMILES string of the molecule is C=C(C)C(=O)OCCc1cc(CSC(=S)P(=O)(OCC)OCC)ccc1C(=O)O. The largest absolute Gasteiger partial charge is 0.478 e. The summed E-state index contributed by atoms with van der Waals surface area (Å²) in [7, 11) is -3.49. The van der Waals surface area contributed by atoms with Gasteiger partial charge in [-0.1, -0.05) is 30.9 Å². The summed E-state index contributed by atoms with van der Waals surface area (Å²) in [4.78, 5) is 23.0. The summed E-state index contributed by atoms with van der Waals surface area (Å²) >= 11 is 6.38. The second-order valence-corrected chi connectivity index (χ2v) is 10.1. The predicted octanol–water partition coefficient (Wildman–Crippen LogP) is 4.83. The van der Waals surface area contributed by atoms with Gasteiger partial charge in [-0.05, 0) is 38.0 Å². The second kappa shape index (κ2) is 12.2. The molecule has 160 valence electrons. The highest BCUT2D eigenvalue weighted by Gasteiger charge is 2.30. The molecule has 0 aliphatic carbocycles. The van der Waals surface area contributed by atoms with Crippen molar-refractivity contribution in [1.82, 2.24) is 0 Å². The van der Waals surface area contributed by atoms with Crippen molar-refractivity contribution >= 4 is 47.5 Å². The van der Waals surface area contributed by atoms with Gasteiger partial charge in [-0.25, -0.2) is 9.59 Å². The van der Waals surface area contributed by atoms with Crippen molar-refractivity contribution in [2.24, 2.45) is 0 Å².